The SMILES string of the molecule is COc1ccc(NC(=O)CN(Cc2ccc(C(F)(F)F)cc2)C(=O)C[C@@H]2[C@H](c3c(C)[nH]c4ccccc34)C2(C)C)cc1. The van der Waals surface area contributed by atoms with Crippen molar-refractivity contribution >= 4 is 28.4 Å². The molecule has 1 aliphatic carbocycles. The Kier molecular flexibility index (Phi) is 7.79. The second kappa shape index (κ2) is 11.2. The van der Waals surface area contributed by atoms with E-state index in [2.05, 4.69) is 30.2 Å². The van der Waals surface area contributed by atoms with Crippen molar-refractivity contribution in [2.75, 3.05) is 19.0 Å². The molecule has 3 aromatic carbocycles. The van der Waals surface area contributed by atoms with Gasteiger partial charge in [-0.25, -0.2) is 0 Å². The smallest absolute Gasteiger partial charge is 0.416 e. The highest BCUT2D eigenvalue weighted by molar-refractivity contribution is 5.94. The highest BCUT2D eigenvalue weighted by Crippen LogP contribution is 2.67. The first-order valence-electron chi connectivity index (χ1n) is 13.8. The van der Waals surface area contributed by atoms with E-state index in [-0.39, 0.29) is 42.7 Å². The van der Waals surface area contributed by atoms with E-state index in [4.69, 9.17) is 4.74 Å². The van der Waals surface area contributed by atoms with Gasteiger partial charge in [0.1, 0.15) is 12.3 Å². The van der Waals surface area contributed by atoms with Crippen molar-refractivity contribution in [2.45, 2.75) is 45.8 Å². The number of rotatable bonds is 9. The number of halogens is 3. The monoisotopic (exact) mass is 577 g/mol. The zero-order valence-corrected chi connectivity index (χ0v) is 24.0. The van der Waals surface area contributed by atoms with Gasteiger partial charge in [-0.1, -0.05) is 44.2 Å². The third kappa shape index (κ3) is 6.00. The number of ether oxygens (including phenoxy) is 1. The van der Waals surface area contributed by atoms with Gasteiger partial charge in [0.2, 0.25) is 11.8 Å². The van der Waals surface area contributed by atoms with Crippen LogP contribution in [0.25, 0.3) is 10.9 Å². The molecule has 2 atom stereocenters. The van der Waals surface area contributed by atoms with Gasteiger partial charge < -0.3 is 19.9 Å². The molecule has 5 rings (SSSR count). The second-order valence-corrected chi connectivity index (χ2v) is 11.5. The molecule has 0 aliphatic heterocycles. The zero-order chi connectivity index (χ0) is 30.2. The first-order valence-corrected chi connectivity index (χ1v) is 13.8. The summed E-state index contributed by atoms with van der Waals surface area (Å²) in [6, 6.07) is 19.6. The maximum Gasteiger partial charge on any atom is 0.416 e. The molecule has 0 bridgehead atoms. The van der Waals surface area contributed by atoms with Gasteiger partial charge in [0.25, 0.3) is 0 Å². The lowest BCUT2D eigenvalue weighted by Gasteiger charge is -2.23. The Hall–Kier alpha value is -4.27. The third-order valence-electron chi connectivity index (χ3n) is 8.42. The molecular formula is C33H34F3N3O3. The van der Waals surface area contributed by atoms with Crippen LogP contribution in [0.5, 0.6) is 5.75 Å². The fourth-order valence-corrected chi connectivity index (χ4v) is 6.01. The summed E-state index contributed by atoms with van der Waals surface area (Å²) >= 11 is 0. The maximum absolute atomic E-state index is 13.8. The molecule has 6 nitrogen and oxygen atoms in total. The van der Waals surface area contributed by atoms with Crippen molar-refractivity contribution in [1.29, 1.82) is 0 Å². The summed E-state index contributed by atoms with van der Waals surface area (Å²) in [5.74, 6) is 0.206. The number of benzene rings is 3. The Labute approximate surface area is 242 Å². The molecule has 1 heterocycles. The van der Waals surface area contributed by atoms with Gasteiger partial charge in [-0.05, 0) is 77.8 Å². The molecule has 0 spiro atoms. The summed E-state index contributed by atoms with van der Waals surface area (Å²) in [6.45, 7) is 6.11. The van der Waals surface area contributed by atoms with Gasteiger partial charge in [0.05, 0.1) is 12.7 Å². The van der Waals surface area contributed by atoms with Gasteiger partial charge in [-0.3, -0.25) is 9.59 Å². The number of aromatic amines is 1. The number of H-pyrrole nitrogens is 1. The van der Waals surface area contributed by atoms with E-state index in [1.165, 1.54) is 22.6 Å². The predicted octanol–water partition coefficient (Wildman–Crippen LogP) is 7.30. The molecule has 4 aromatic rings. The summed E-state index contributed by atoms with van der Waals surface area (Å²) in [5.41, 5.74) is 3.48. The number of alkyl halides is 3. The van der Waals surface area contributed by atoms with Crippen LogP contribution in [0.3, 0.4) is 0 Å². The minimum atomic E-state index is -4.46. The van der Waals surface area contributed by atoms with E-state index in [1.54, 1.807) is 31.4 Å². The highest BCUT2D eigenvalue weighted by Gasteiger charge is 2.59. The van der Waals surface area contributed by atoms with Crippen molar-refractivity contribution in [3.05, 3.63) is 95.2 Å². The van der Waals surface area contributed by atoms with E-state index in [9.17, 15) is 22.8 Å². The van der Waals surface area contributed by atoms with Gasteiger partial charge in [0, 0.05) is 35.2 Å². The quantitative estimate of drug-likeness (QED) is 0.219. The largest absolute Gasteiger partial charge is 0.497 e. The minimum absolute atomic E-state index is 0.0108. The Morgan fingerprint density at radius 2 is 1.67 bits per heavy atom. The number of nitrogens with one attached hydrogen (secondary N) is 2. The summed E-state index contributed by atoms with van der Waals surface area (Å²) in [6.07, 6.45) is -4.24. The molecule has 2 amide bonds. The predicted molar refractivity (Wildman–Crippen MR) is 156 cm³/mol. The van der Waals surface area contributed by atoms with E-state index >= 15 is 0 Å². The van der Waals surface area contributed by atoms with Crippen LogP contribution in [0, 0.1) is 18.3 Å². The first kappa shape index (κ1) is 29.2. The number of carbonyl (C=O) groups is 2. The van der Waals surface area contributed by atoms with E-state index < -0.39 is 17.6 Å². The number of aryl methyl sites for hydroxylation is 1. The fraction of sp³-hybridized carbons (Fsp3) is 0.333. The Bertz CT molecular complexity index is 1590. The molecule has 1 fully saturated rings. The van der Waals surface area contributed by atoms with Crippen LogP contribution in [-0.4, -0.2) is 35.4 Å². The first-order chi connectivity index (χ1) is 19.9. The summed E-state index contributed by atoms with van der Waals surface area (Å²) in [4.78, 5) is 31.7. The second-order valence-electron chi connectivity index (χ2n) is 11.5. The van der Waals surface area contributed by atoms with Crippen molar-refractivity contribution in [1.82, 2.24) is 9.88 Å². The number of aromatic nitrogens is 1. The number of amides is 2. The Balaban J connectivity index is 1.35. The van der Waals surface area contributed by atoms with E-state index in [0.29, 0.717) is 17.0 Å². The number of hydrogen-bond acceptors (Lipinski definition) is 3. The lowest BCUT2D eigenvalue weighted by molar-refractivity contribution is -0.137. The number of para-hydroxylation sites is 1. The van der Waals surface area contributed by atoms with E-state index in [0.717, 1.165) is 28.7 Å². The summed E-state index contributed by atoms with van der Waals surface area (Å²) < 4.78 is 44.5. The lowest BCUT2D eigenvalue weighted by Crippen LogP contribution is -2.38. The Morgan fingerprint density at radius 1 is 1.00 bits per heavy atom. The van der Waals surface area contributed by atoms with Gasteiger partial charge in [-0.15, -0.1) is 0 Å². The molecular weight excluding hydrogens is 543 g/mol. The van der Waals surface area contributed by atoms with Crippen LogP contribution >= 0.6 is 0 Å². The molecule has 42 heavy (non-hydrogen) atoms. The van der Waals surface area contributed by atoms with Crippen LogP contribution in [0.2, 0.25) is 0 Å². The molecule has 9 heteroatoms. The molecule has 220 valence electrons. The van der Waals surface area contributed by atoms with Crippen molar-refractivity contribution in [3.8, 4) is 5.75 Å². The lowest BCUT2D eigenvalue weighted by atomic mass is 10.0. The highest BCUT2D eigenvalue weighted by atomic mass is 19.4. The molecule has 1 aliphatic rings. The number of anilines is 1. The average molecular weight is 578 g/mol. The third-order valence-corrected chi connectivity index (χ3v) is 8.42. The minimum Gasteiger partial charge on any atom is -0.497 e. The standard InChI is InChI=1S/C33H34F3N3O3/c1-20-30(25-7-5-6-8-27(25)37-20)31-26(32(31,2)3)17-29(41)39(18-21-9-11-22(12-10-21)33(34,35)36)19-28(40)38-23-13-15-24(42-4)16-14-23/h5-16,26,31,37H,17-19H2,1-4H3,(H,38,40)/t26-,31-/m1/s1. The van der Waals surface area contributed by atoms with Crippen molar-refractivity contribution in [3.63, 3.8) is 0 Å². The van der Waals surface area contributed by atoms with E-state index in [1.807, 2.05) is 25.1 Å². The average Bonchev–Trinajstić information content (AvgIpc) is 3.29. The van der Waals surface area contributed by atoms with Crippen LogP contribution in [-0.2, 0) is 22.3 Å². The molecule has 0 radical (unpaired) electrons. The molecule has 1 aromatic heterocycles. The fourth-order valence-electron chi connectivity index (χ4n) is 6.01. The molecule has 1 saturated carbocycles. The van der Waals surface area contributed by atoms with Crippen LogP contribution in [0.15, 0.2) is 72.8 Å². The molecule has 0 saturated heterocycles. The van der Waals surface area contributed by atoms with Gasteiger partial charge in [0.15, 0.2) is 0 Å². The number of hydrogen-bond donors (Lipinski definition) is 2. The van der Waals surface area contributed by atoms with Crippen LogP contribution in [0.4, 0.5) is 18.9 Å². The number of carbonyl (C=O) groups excluding carboxylic acids is 2. The summed E-state index contributed by atoms with van der Waals surface area (Å²) in [5, 5.41) is 3.94. The molecule has 0 unspecified atom stereocenters. The number of fused-ring (bicyclic) bond motifs is 1. The normalized spacial score (nSPS) is 17.6. The topological polar surface area (TPSA) is 74.4 Å². The summed E-state index contributed by atoms with van der Waals surface area (Å²) in [7, 11) is 1.55. The van der Waals surface area contributed by atoms with Crippen molar-refractivity contribution < 1.29 is 27.5 Å². The number of nitrogens with zero attached hydrogens (tertiary/aromatic N) is 1. The van der Waals surface area contributed by atoms with Gasteiger partial charge >= 0.3 is 6.18 Å². The molecule has 2 N–H and O–H groups in total. The van der Waals surface area contributed by atoms with Gasteiger partial charge in [-0.2, -0.15) is 13.2 Å². The maximum atomic E-state index is 13.8. The van der Waals surface area contributed by atoms with Crippen molar-refractivity contribution in [2.24, 2.45) is 11.3 Å². The number of methoxy groups -OCH3 is 1. The Morgan fingerprint density at radius 3 is 2.31 bits per heavy atom. The van der Waals surface area contributed by atoms with Crippen LogP contribution < -0.4 is 10.1 Å². The zero-order valence-electron chi connectivity index (χ0n) is 24.0. The van der Waals surface area contributed by atoms with Crippen LogP contribution in [0.1, 0.15) is 48.6 Å².